The molecule has 0 spiro atoms. The molecular weight excluding hydrogens is 179 g/mol. The van der Waals surface area contributed by atoms with E-state index in [1.807, 2.05) is 0 Å². The molecule has 9 heavy (non-hydrogen) atoms. The number of hydrogen-bond acceptors (Lipinski definition) is 2. The summed E-state index contributed by atoms with van der Waals surface area (Å²) in [4.78, 5) is 10.4. The Hall–Kier alpha value is 0.0800. The van der Waals surface area contributed by atoms with Gasteiger partial charge in [0.05, 0.1) is 9.27 Å². The summed E-state index contributed by atoms with van der Waals surface area (Å²) in [5.74, 6) is 0. The Labute approximate surface area is 67.7 Å². The highest BCUT2D eigenvalue weighted by Gasteiger charge is 2.03. The van der Waals surface area contributed by atoms with E-state index in [1.165, 1.54) is 0 Å². The molecule has 0 atom stereocenters. The van der Waals surface area contributed by atoms with Crippen LogP contribution >= 0.6 is 35.0 Å². The maximum Gasteiger partial charge on any atom is 0.258 e. The van der Waals surface area contributed by atoms with E-state index in [0.717, 1.165) is 11.8 Å². The molecule has 0 aliphatic carbocycles. The van der Waals surface area contributed by atoms with E-state index in [9.17, 15) is 4.79 Å². The third kappa shape index (κ3) is 4.58. The molecule has 50 valence electrons. The van der Waals surface area contributed by atoms with Crippen LogP contribution in [0.1, 0.15) is 0 Å². The SMILES string of the molecule is C=C(Cl)SC(=C)C(=O)Cl. The first kappa shape index (κ1) is 9.08. The standard InChI is InChI=1S/C5H4Cl2OS/c1-3(5(7)8)9-4(2)6/h1-2H2. The van der Waals surface area contributed by atoms with Crippen LogP contribution in [0.25, 0.3) is 0 Å². The van der Waals surface area contributed by atoms with Gasteiger partial charge in [-0.15, -0.1) is 0 Å². The minimum absolute atomic E-state index is 0.191. The topological polar surface area (TPSA) is 17.1 Å². The molecule has 0 unspecified atom stereocenters. The second-order valence-corrected chi connectivity index (χ2v) is 3.37. The van der Waals surface area contributed by atoms with Crippen LogP contribution in [0.4, 0.5) is 0 Å². The molecule has 0 aromatic carbocycles. The van der Waals surface area contributed by atoms with Crippen LogP contribution in [0, 0.1) is 0 Å². The monoisotopic (exact) mass is 182 g/mol. The Morgan fingerprint density at radius 2 is 1.78 bits per heavy atom. The number of hydrogen-bond donors (Lipinski definition) is 0. The highest BCUT2D eigenvalue weighted by atomic mass is 35.5. The van der Waals surface area contributed by atoms with Crippen molar-refractivity contribution in [1.82, 2.24) is 0 Å². The zero-order valence-electron chi connectivity index (χ0n) is 4.49. The lowest BCUT2D eigenvalue weighted by Gasteiger charge is -1.93. The van der Waals surface area contributed by atoms with Gasteiger partial charge in [-0.2, -0.15) is 0 Å². The molecule has 0 rings (SSSR count). The van der Waals surface area contributed by atoms with Crippen molar-refractivity contribution in [2.24, 2.45) is 0 Å². The van der Waals surface area contributed by atoms with Gasteiger partial charge in [-0.3, -0.25) is 4.79 Å². The summed E-state index contributed by atoms with van der Waals surface area (Å²) in [7, 11) is 0. The number of allylic oxidation sites excluding steroid dienone is 1. The Bertz CT molecular complexity index is 164. The minimum Gasteiger partial charge on any atom is -0.275 e. The lowest BCUT2D eigenvalue weighted by molar-refractivity contribution is -0.107. The molecule has 0 aliphatic rings. The van der Waals surface area contributed by atoms with Crippen molar-refractivity contribution in [2.45, 2.75) is 0 Å². The van der Waals surface area contributed by atoms with Crippen LogP contribution < -0.4 is 0 Å². The molecule has 0 aliphatic heterocycles. The average molecular weight is 183 g/mol. The van der Waals surface area contributed by atoms with Crippen molar-refractivity contribution in [2.75, 3.05) is 0 Å². The summed E-state index contributed by atoms with van der Waals surface area (Å²) in [6.07, 6.45) is 0. The second kappa shape index (κ2) is 3.99. The minimum atomic E-state index is -0.596. The van der Waals surface area contributed by atoms with Gasteiger partial charge in [0.25, 0.3) is 5.24 Å². The van der Waals surface area contributed by atoms with Crippen molar-refractivity contribution in [3.8, 4) is 0 Å². The lowest BCUT2D eigenvalue weighted by atomic mass is 10.7. The van der Waals surface area contributed by atoms with E-state index in [0.29, 0.717) is 0 Å². The highest BCUT2D eigenvalue weighted by molar-refractivity contribution is 8.09. The average Bonchev–Trinajstić information content (AvgIpc) is 1.63. The van der Waals surface area contributed by atoms with E-state index in [-0.39, 0.29) is 9.27 Å². The van der Waals surface area contributed by atoms with Gasteiger partial charge in [0.2, 0.25) is 0 Å². The van der Waals surface area contributed by atoms with Crippen molar-refractivity contribution in [3.05, 3.63) is 22.4 Å². The third-order valence-corrected chi connectivity index (χ3v) is 1.68. The van der Waals surface area contributed by atoms with Crippen molar-refractivity contribution < 1.29 is 4.79 Å². The van der Waals surface area contributed by atoms with Gasteiger partial charge in [-0.25, -0.2) is 0 Å². The van der Waals surface area contributed by atoms with Gasteiger partial charge in [0.1, 0.15) is 0 Å². The zero-order valence-corrected chi connectivity index (χ0v) is 6.81. The molecule has 0 heterocycles. The van der Waals surface area contributed by atoms with Crippen LogP contribution in [0.15, 0.2) is 22.4 Å². The first-order valence-electron chi connectivity index (χ1n) is 1.95. The van der Waals surface area contributed by atoms with Crippen molar-refractivity contribution in [3.63, 3.8) is 0 Å². The zero-order chi connectivity index (χ0) is 7.44. The summed E-state index contributed by atoms with van der Waals surface area (Å²) in [5.41, 5.74) is 0. The molecule has 0 saturated carbocycles. The molecule has 0 aromatic heterocycles. The summed E-state index contributed by atoms with van der Waals surface area (Å²) in [5, 5.41) is -0.596. The normalized spacial score (nSPS) is 8.67. The van der Waals surface area contributed by atoms with Gasteiger partial charge < -0.3 is 0 Å². The van der Waals surface area contributed by atoms with Crippen LogP contribution in [-0.4, -0.2) is 5.24 Å². The fourth-order valence-electron chi connectivity index (χ4n) is 0.174. The Kier molecular flexibility index (Phi) is 4.02. The molecular formula is C5H4Cl2OS. The van der Waals surface area contributed by atoms with Gasteiger partial charge in [-0.05, 0) is 11.6 Å². The summed E-state index contributed by atoms with van der Waals surface area (Å²) in [6.45, 7) is 6.66. The van der Waals surface area contributed by atoms with Crippen molar-refractivity contribution >= 4 is 40.2 Å². The van der Waals surface area contributed by atoms with Crippen LogP contribution in [0.2, 0.25) is 0 Å². The number of halogens is 2. The van der Waals surface area contributed by atoms with E-state index < -0.39 is 5.24 Å². The Balaban J connectivity index is 3.79. The largest absolute Gasteiger partial charge is 0.275 e. The summed E-state index contributed by atoms with van der Waals surface area (Å²) in [6, 6.07) is 0. The van der Waals surface area contributed by atoms with E-state index >= 15 is 0 Å². The number of rotatable bonds is 3. The molecule has 0 aromatic rings. The molecule has 0 radical (unpaired) electrons. The summed E-state index contributed by atoms with van der Waals surface area (Å²) >= 11 is 11.3. The first-order valence-corrected chi connectivity index (χ1v) is 3.52. The predicted octanol–water partition coefficient (Wildman–Crippen LogP) is 2.71. The van der Waals surface area contributed by atoms with E-state index in [4.69, 9.17) is 23.2 Å². The maximum atomic E-state index is 10.2. The molecule has 4 heteroatoms. The van der Waals surface area contributed by atoms with Crippen LogP contribution in [-0.2, 0) is 4.79 Å². The maximum absolute atomic E-state index is 10.2. The van der Waals surface area contributed by atoms with Gasteiger partial charge in [0.15, 0.2) is 0 Å². The van der Waals surface area contributed by atoms with Gasteiger partial charge in [0, 0.05) is 0 Å². The number of carbonyl (C=O) groups is 1. The van der Waals surface area contributed by atoms with E-state index in [1.54, 1.807) is 0 Å². The fraction of sp³-hybridized carbons (Fsp3) is 0. The van der Waals surface area contributed by atoms with Crippen LogP contribution in [0.5, 0.6) is 0 Å². The first-order chi connectivity index (χ1) is 4.04. The van der Waals surface area contributed by atoms with Gasteiger partial charge >= 0.3 is 0 Å². The molecule has 0 amide bonds. The lowest BCUT2D eigenvalue weighted by Crippen LogP contribution is -1.83. The molecule has 0 bridgehead atoms. The molecule has 0 saturated heterocycles. The fourth-order valence-corrected chi connectivity index (χ4v) is 0.917. The second-order valence-electron chi connectivity index (χ2n) is 1.15. The van der Waals surface area contributed by atoms with Gasteiger partial charge in [-0.1, -0.05) is 36.5 Å². The quantitative estimate of drug-likeness (QED) is 0.494. The number of carbonyl (C=O) groups excluding carboxylic acids is 1. The molecule has 1 nitrogen and oxygen atoms in total. The van der Waals surface area contributed by atoms with E-state index in [2.05, 4.69) is 13.2 Å². The Morgan fingerprint density at radius 1 is 1.33 bits per heavy atom. The molecule has 0 fully saturated rings. The number of thioether (sulfide) groups is 1. The van der Waals surface area contributed by atoms with Crippen LogP contribution in [0.3, 0.4) is 0 Å². The summed E-state index contributed by atoms with van der Waals surface area (Å²) < 4.78 is 0.286. The smallest absolute Gasteiger partial charge is 0.258 e. The third-order valence-electron chi connectivity index (χ3n) is 0.453. The van der Waals surface area contributed by atoms with Crippen molar-refractivity contribution in [1.29, 1.82) is 0 Å². The molecule has 0 N–H and O–H groups in total. The Morgan fingerprint density at radius 3 is 1.89 bits per heavy atom. The predicted molar refractivity (Wildman–Crippen MR) is 42.6 cm³/mol. The highest BCUT2D eigenvalue weighted by Crippen LogP contribution is 2.26.